The van der Waals surface area contributed by atoms with Gasteiger partial charge in [-0.1, -0.05) is 0 Å². The van der Waals surface area contributed by atoms with Crippen LogP contribution in [0.5, 0.6) is 0 Å². The highest BCUT2D eigenvalue weighted by atomic mass is 16.3. The van der Waals surface area contributed by atoms with E-state index in [1.54, 1.807) is 0 Å². The summed E-state index contributed by atoms with van der Waals surface area (Å²) < 4.78 is 0. The molecule has 1 saturated carbocycles. The van der Waals surface area contributed by atoms with Crippen molar-refractivity contribution in [3.8, 4) is 0 Å². The molecule has 4 nitrogen and oxygen atoms in total. The standard InChI is InChI=1S/C13H24N2O2/c1-13(2,3)14-6-12(17)15-7-9-4-5-11(16)10(9)8-15/h9-11,14,16H,4-8H2,1-3H3. The molecule has 2 aliphatic rings. The lowest BCUT2D eigenvalue weighted by atomic mass is 10.00. The lowest BCUT2D eigenvalue weighted by Crippen LogP contribution is -2.44. The molecule has 98 valence electrons. The van der Waals surface area contributed by atoms with Gasteiger partial charge in [0, 0.05) is 24.5 Å². The summed E-state index contributed by atoms with van der Waals surface area (Å²) in [6, 6.07) is 0. The molecule has 4 heteroatoms. The van der Waals surface area contributed by atoms with Gasteiger partial charge in [-0.15, -0.1) is 0 Å². The first-order valence-electron chi connectivity index (χ1n) is 6.58. The van der Waals surface area contributed by atoms with Crippen molar-refractivity contribution >= 4 is 5.91 Å². The molecule has 1 saturated heterocycles. The van der Waals surface area contributed by atoms with Crippen molar-refractivity contribution < 1.29 is 9.90 Å². The van der Waals surface area contributed by atoms with Gasteiger partial charge in [-0.25, -0.2) is 0 Å². The van der Waals surface area contributed by atoms with Crippen molar-refractivity contribution in [1.82, 2.24) is 10.2 Å². The molecule has 1 aliphatic carbocycles. The van der Waals surface area contributed by atoms with Crippen LogP contribution in [0.15, 0.2) is 0 Å². The van der Waals surface area contributed by atoms with Crippen LogP contribution in [-0.4, -0.2) is 47.2 Å². The van der Waals surface area contributed by atoms with Gasteiger partial charge in [0.2, 0.25) is 5.91 Å². The number of carbonyl (C=O) groups is 1. The molecule has 0 aromatic heterocycles. The molecule has 2 rings (SSSR count). The number of hydrogen-bond acceptors (Lipinski definition) is 3. The van der Waals surface area contributed by atoms with Crippen LogP contribution in [0.4, 0.5) is 0 Å². The molecule has 1 aliphatic heterocycles. The van der Waals surface area contributed by atoms with Gasteiger partial charge >= 0.3 is 0 Å². The number of aliphatic hydroxyl groups is 1. The Morgan fingerprint density at radius 3 is 2.65 bits per heavy atom. The number of carbonyl (C=O) groups excluding carboxylic acids is 1. The molecule has 0 aromatic rings. The number of fused-ring (bicyclic) bond motifs is 1. The summed E-state index contributed by atoms with van der Waals surface area (Å²) in [5.41, 5.74) is -0.0230. The number of aliphatic hydroxyl groups excluding tert-OH is 1. The lowest BCUT2D eigenvalue weighted by Gasteiger charge is -2.23. The molecular weight excluding hydrogens is 216 g/mol. The fourth-order valence-electron chi connectivity index (χ4n) is 2.89. The van der Waals surface area contributed by atoms with Gasteiger partial charge in [0.15, 0.2) is 0 Å². The van der Waals surface area contributed by atoms with Crippen LogP contribution in [0, 0.1) is 11.8 Å². The Morgan fingerprint density at radius 1 is 1.35 bits per heavy atom. The third kappa shape index (κ3) is 2.99. The van der Waals surface area contributed by atoms with E-state index in [1.807, 2.05) is 4.90 Å². The smallest absolute Gasteiger partial charge is 0.236 e. The van der Waals surface area contributed by atoms with Crippen molar-refractivity contribution in [3.63, 3.8) is 0 Å². The predicted octanol–water partition coefficient (Wildman–Crippen LogP) is 0.604. The average molecular weight is 240 g/mol. The second-order valence-electron chi connectivity index (χ2n) is 6.47. The number of rotatable bonds is 2. The van der Waals surface area contributed by atoms with Crippen molar-refractivity contribution in [2.75, 3.05) is 19.6 Å². The van der Waals surface area contributed by atoms with Crippen molar-refractivity contribution in [3.05, 3.63) is 0 Å². The van der Waals surface area contributed by atoms with Crippen LogP contribution in [0.3, 0.4) is 0 Å². The molecular formula is C13H24N2O2. The van der Waals surface area contributed by atoms with Crippen molar-refractivity contribution in [2.24, 2.45) is 11.8 Å². The summed E-state index contributed by atoms with van der Waals surface area (Å²) in [5, 5.41) is 13.0. The maximum atomic E-state index is 12.0. The van der Waals surface area contributed by atoms with Gasteiger partial charge in [-0.05, 0) is 39.5 Å². The van der Waals surface area contributed by atoms with Crippen LogP contribution in [0.2, 0.25) is 0 Å². The van der Waals surface area contributed by atoms with Gasteiger partial charge in [-0.3, -0.25) is 4.79 Å². The Balaban J connectivity index is 1.83. The molecule has 0 bridgehead atoms. The van der Waals surface area contributed by atoms with E-state index < -0.39 is 0 Å². The van der Waals surface area contributed by atoms with E-state index in [-0.39, 0.29) is 17.6 Å². The van der Waals surface area contributed by atoms with Crippen LogP contribution in [-0.2, 0) is 4.79 Å². The Bertz CT molecular complexity index is 298. The monoisotopic (exact) mass is 240 g/mol. The maximum Gasteiger partial charge on any atom is 0.236 e. The minimum Gasteiger partial charge on any atom is -0.393 e. The first kappa shape index (κ1) is 12.8. The van der Waals surface area contributed by atoms with E-state index in [9.17, 15) is 9.90 Å². The highest BCUT2D eigenvalue weighted by molar-refractivity contribution is 5.78. The van der Waals surface area contributed by atoms with E-state index in [0.29, 0.717) is 18.4 Å². The highest BCUT2D eigenvalue weighted by Gasteiger charge is 2.43. The first-order valence-corrected chi connectivity index (χ1v) is 6.58. The average Bonchev–Trinajstić information content (AvgIpc) is 2.77. The predicted molar refractivity (Wildman–Crippen MR) is 66.6 cm³/mol. The normalized spacial score (nSPS) is 32.9. The molecule has 0 aromatic carbocycles. The van der Waals surface area contributed by atoms with Crippen LogP contribution < -0.4 is 5.32 Å². The Labute approximate surface area is 103 Å². The van der Waals surface area contributed by atoms with Crippen LogP contribution in [0.1, 0.15) is 33.6 Å². The third-order valence-corrected chi connectivity index (χ3v) is 3.94. The topological polar surface area (TPSA) is 52.6 Å². The van der Waals surface area contributed by atoms with Gasteiger partial charge in [0.1, 0.15) is 0 Å². The summed E-state index contributed by atoms with van der Waals surface area (Å²) >= 11 is 0. The van der Waals surface area contributed by atoms with Crippen molar-refractivity contribution in [2.45, 2.75) is 45.3 Å². The number of nitrogens with zero attached hydrogens (tertiary/aromatic N) is 1. The van der Waals surface area contributed by atoms with E-state index in [0.717, 1.165) is 25.9 Å². The number of likely N-dealkylation sites (tertiary alicyclic amines) is 1. The molecule has 3 atom stereocenters. The second kappa shape index (κ2) is 4.58. The number of hydrogen-bond donors (Lipinski definition) is 2. The summed E-state index contributed by atoms with van der Waals surface area (Å²) in [4.78, 5) is 13.9. The SMILES string of the molecule is CC(C)(C)NCC(=O)N1CC2CCC(O)C2C1. The van der Waals surface area contributed by atoms with Crippen LogP contribution >= 0.6 is 0 Å². The van der Waals surface area contributed by atoms with Gasteiger partial charge in [0.25, 0.3) is 0 Å². The fraction of sp³-hybridized carbons (Fsp3) is 0.923. The van der Waals surface area contributed by atoms with Gasteiger partial charge < -0.3 is 15.3 Å². The molecule has 3 unspecified atom stereocenters. The van der Waals surface area contributed by atoms with Crippen molar-refractivity contribution in [1.29, 1.82) is 0 Å². The molecule has 2 N–H and O–H groups in total. The van der Waals surface area contributed by atoms with Gasteiger partial charge in [0.05, 0.1) is 12.6 Å². The van der Waals surface area contributed by atoms with E-state index in [4.69, 9.17) is 0 Å². The minimum absolute atomic E-state index is 0.0230. The van der Waals surface area contributed by atoms with E-state index in [2.05, 4.69) is 26.1 Å². The zero-order valence-corrected chi connectivity index (χ0v) is 11.1. The number of nitrogens with one attached hydrogen (secondary N) is 1. The second-order valence-corrected chi connectivity index (χ2v) is 6.47. The highest BCUT2D eigenvalue weighted by Crippen LogP contribution is 2.37. The van der Waals surface area contributed by atoms with Gasteiger partial charge in [-0.2, -0.15) is 0 Å². The third-order valence-electron chi connectivity index (χ3n) is 3.94. The van der Waals surface area contributed by atoms with E-state index >= 15 is 0 Å². The molecule has 0 radical (unpaired) electrons. The Kier molecular flexibility index (Phi) is 3.46. The lowest BCUT2D eigenvalue weighted by molar-refractivity contribution is -0.130. The van der Waals surface area contributed by atoms with E-state index in [1.165, 1.54) is 0 Å². The molecule has 2 fully saturated rings. The maximum absolute atomic E-state index is 12.0. The number of amides is 1. The first-order chi connectivity index (χ1) is 7.87. The summed E-state index contributed by atoms with van der Waals surface area (Å²) in [6.45, 7) is 8.16. The Morgan fingerprint density at radius 2 is 2.06 bits per heavy atom. The zero-order chi connectivity index (χ0) is 12.6. The summed E-state index contributed by atoms with van der Waals surface area (Å²) in [6.07, 6.45) is 1.80. The van der Waals surface area contributed by atoms with Crippen LogP contribution in [0.25, 0.3) is 0 Å². The molecule has 0 spiro atoms. The fourth-order valence-corrected chi connectivity index (χ4v) is 2.89. The molecule has 1 amide bonds. The summed E-state index contributed by atoms with van der Waals surface area (Å²) in [7, 11) is 0. The molecule has 17 heavy (non-hydrogen) atoms. The Hall–Kier alpha value is -0.610. The minimum atomic E-state index is -0.187. The summed E-state index contributed by atoms with van der Waals surface area (Å²) in [5.74, 6) is 1.03. The largest absolute Gasteiger partial charge is 0.393 e. The molecule has 1 heterocycles. The quantitative estimate of drug-likeness (QED) is 0.743. The zero-order valence-electron chi connectivity index (χ0n) is 11.1.